The summed E-state index contributed by atoms with van der Waals surface area (Å²) in [5.41, 5.74) is 2.18. The number of carbonyl (C=O) groups is 2. The maximum Gasteiger partial charge on any atom is 0.277 e. The first-order valence-corrected chi connectivity index (χ1v) is 10.4. The Morgan fingerprint density at radius 1 is 0.906 bits per heavy atom. The summed E-state index contributed by atoms with van der Waals surface area (Å²) in [5.74, 6) is -0.755. The molecule has 9 heteroatoms. The Morgan fingerprint density at radius 2 is 1.53 bits per heavy atom. The highest BCUT2D eigenvalue weighted by Gasteiger charge is 2.42. The molecule has 0 saturated carbocycles. The highest BCUT2D eigenvalue weighted by Crippen LogP contribution is 2.33. The van der Waals surface area contributed by atoms with Crippen molar-refractivity contribution < 1.29 is 19.2 Å². The van der Waals surface area contributed by atoms with Gasteiger partial charge >= 0.3 is 0 Å². The highest BCUT2D eigenvalue weighted by atomic mass is 16.6. The van der Waals surface area contributed by atoms with Gasteiger partial charge in [-0.15, -0.1) is 0 Å². The van der Waals surface area contributed by atoms with Crippen molar-refractivity contribution in [1.82, 2.24) is 9.80 Å². The molecule has 0 atom stereocenters. The molecule has 0 aromatic heterocycles. The molecule has 2 aliphatic heterocycles. The predicted octanol–water partition coefficient (Wildman–Crippen LogP) is 2.14. The van der Waals surface area contributed by atoms with Crippen LogP contribution < -0.4 is 4.90 Å². The lowest BCUT2D eigenvalue weighted by Gasteiger charge is -2.37. The van der Waals surface area contributed by atoms with Gasteiger partial charge in [-0.05, 0) is 29.8 Å². The average Bonchev–Trinajstić information content (AvgIpc) is 3.07. The van der Waals surface area contributed by atoms with Gasteiger partial charge in [-0.2, -0.15) is 0 Å². The molecule has 2 aromatic carbocycles. The van der Waals surface area contributed by atoms with Crippen molar-refractivity contribution in [2.75, 3.05) is 51.3 Å². The number of carbonyl (C=O) groups excluding carboxylic acids is 2. The summed E-state index contributed by atoms with van der Waals surface area (Å²) in [6.07, 6.45) is 0. The maximum absolute atomic E-state index is 13.3. The minimum Gasteiger partial charge on any atom is -0.383 e. The van der Waals surface area contributed by atoms with E-state index in [1.807, 2.05) is 35.2 Å². The Labute approximate surface area is 185 Å². The number of rotatable bonds is 7. The molecule has 2 amide bonds. The molecule has 1 fully saturated rings. The van der Waals surface area contributed by atoms with Crippen molar-refractivity contribution in [3.63, 3.8) is 0 Å². The first-order chi connectivity index (χ1) is 15.5. The fourth-order valence-corrected chi connectivity index (χ4v) is 4.08. The molecule has 0 aliphatic carbocycles. The van der Waals surface area contributed by atoms with Crippen LogP contribution in [0.25, 0.3) is 5.57 Å². The fraction of sp³-hybridized carbons (Fsp3) is 0.304. The number of hydrogen-bond donors (Lipinski definition) is 0. The zero-order chi connectivity index (χ0) is 22.7. The number of para-hydroxylation sites is 1. The van der Waals surface area contributed by atoms with Gasteiger partial charge in [0.25, 0.3) is 17.5 Å². The average molecular weight is 436 g/mol. The number of piperazine rings is 1. The van der Waals surface area contributed by atoms with Gasteiger partial charge < -0.3 is 14.5 Å². The topological polar surface area (TPSA) is 96.2 Å². The lowest BCUT2D eigenvalue weighted by atomic mass is 10.0. The van der Waals surface area contributed by atoms with E-state index in [-0.39, 0.29) is 30.3 Å². The molecule has 166 valence electrons. The third kappa shape index (κ3) is 4.06. The zero-order valence-electron chi connectivity index (χ0n) is 17.8. The number of anilines is 1. The van der Waals surface area contributed by atoms with Crippen LogP contribution in [0, 0.1) is 10.1 Å². The van der Waals surface area contributed by atoms with E-state index in [1.54, 1.807) is 0 Å². The Balaban J connectivity index is 1.64. The number of methoxy groups -OCH3 is 1. The third-order valence-corrected chi connectivity index (χ3v) is 5.75. The molecule has 9 nitrogen and oxygen atoms in total. The highest BCUT2D eigenvalue weighted by molar-refractivity contribution is 6.35. The number of hydrogen-bond acceptors (Lipinski definition) is 7. The molecule has 2 heterocycles. The Kier molecular flexibility index (Phi) is 6.18. The molecule has 0 radical (unpaired) electrons. The smallest absolute Gasteiger partial charge is 0.277 e. The first-order valence-electron chi connectivity index (χ1n) is 10.4. The number of ether oxygens (including phenoxy) is 1. The van der Waals surface area contributed by atoms with E-state index < -0.39 is 10.8 Å². The van der Waals surface area contributed by atoms with Gasteiger partial charge in [-0.25, -0.2) is 0 Å². The van der Waals surface area contributed by atoms with Crippen molar-refractivity contribution in [2.24, 2.45) is 0 Å². The summed E-state index contributed by atoms with van der Waals surface area (Å²) in [4.78, 5) is 42.4. The van der Waals surface area contributed by atoms with Gasteiger partial charge in [0.05, 0.1) is 23.6 Å². The van der Waals surface area contributed by atoms with Gasteiger partial charge in [0.1, 0.15) is 5.70 Å². The van der Waals surface area contributed by atoms with Crippen LogP contribution in [0.5, 0.6) is 0 Å². The summed E-state index contributed by atoms with van der Waals surface area (Å²) in [5, 5.41) is 11.0. The predicted molar refractivity (Wildman–Crippen MR) is 119 cm³/mol. The molecular formula is C23H24N4O5. The lowest BCUT2D eigenvalue weighted by molar-refractivity contribution is -0.384. The minimum absolute atomic E-state index is 0.0691. The van der Waals surface area contributed by atoms with Crippen LogP contribution in [0.15, 0.2) is 60.3 Å². The quantitative estimate of drug-likeness (QED) is 0.373. The second-order valence-electron chi connectivity index (χ2n) is 7.59. The lowest BCUT2D eigenvalue weighted by Crippen LogP contribution is -2.47. The van der Waals surface area contributed by atoms with E-state index in [4.69, 9.17) is 4.74 Å². The van der Waals surface area contributed by atoms with E-state index >= 15 is 0 Å². The number of amides is 2. The number of nitrogens with zero attached hydrogens (tertiary/aromatic N) is 4. The van der Waals surface area contributed by atoms with Crippen molar-refractivity contribution >= 4 is 28.8 Å². The number of benzene rings is 2. The second-order valence-corrected chi connectivity index (χ2v) is 7.59. The molecule has 2 aromatic rings. The van der Waals surface area contributed by atoms with Crippen molar-refractivity contribution in [2.45, 2.75) is 0 Å². The number of nitro benzene ring substituents is 1. The molecule has 0 spiro atoms. The van der Waals surface area contributed by atoms with Crippen molar-refractivity contribution in [3.8, 4) is 0 Å². The van der Waals surface area contributed by atoms with Crippen LogP contribution in [0.1, 0.15) is 5.56 Å². The molecule has 2 aliphatic rings. The molecular weight excluding hydrogens is 412 g/mol. The Morgan fingerprint density at radius 3 is 2.12 bits per heavy atom. The Bertz CT molecular complexity index is 1040. The van der Waals surface area contributed by atoms with Crippen molar-refractivity contribution in [3.05, 3.63) is 76.0 Å². The van der Waals surface area contributed by atoms with Crippen LogP contribution in [-0.2, 0) is 14.3 Å². The Hall–Kier alpha value is -3.72. The van der Waals surface area contributed by atoms with E-state index in [0.717, 1.165) is 5.69 Å². The summed E-state index contributed by atoms with van der Waals surface area (Å²) >= 11 is 0. The van der Waals surface area contributed by atoms with Crippen LogP contribution in [0.4, 0.5) is 11.4 Å². The maximum atomic E-state index is 13.3. The SMILES string of the molecule is COCCN1C(=O)C(c2ccc([N+](=O)[O-])cc2)=C(N2CCN(c3ccccc3)CC2)C1=O. The number of imide groups is 1. The van der Waals surface area contributed by atoms with Crippen molar-refractivity contribution in [1.29, 1.82) is 0 Å². The summed E-state index contributed by atoms with van der Waals surface area (Å²) < 4.78 is 5.07. The molecule has 0 N–H and O–H groups in total. The molecule has 4 rings (SSSR count). The summed E-state index contributed by atoms with van der Waals surface area (Å²) in [6, 6.07) is 15.8. The minimum atomic E-state index is -0.492. The van der Waals surface area contributed by atoms with Gasteiger partial charge in [0.15, 0.2) is 0 Å². The number of non-ortho nitro benzene ring substituents is 1. The van der Waals surface area contributed by atoms with Gasteiger partial charge in [-0.1, -0.05) is 18.2 Å². The molecule has 1 saturated heterocycles. The van der Waals surface area contributed by atoms with E-state index in [1.165, 1.54) is 36.3 Å². The van der Waals surface area contributed by atoms with Crippen LogP contribution >= 0.6 is 0 Å². The first kappa shape index (κ1) is 21.5. The number of nitro groups is 1. The second kappa shape index (κ2) is 9.19. The van der Waals surface area contributed by atoms with E-state index in [9.17, 15) is 19.7 Å². The van der Waals surface area contributed by atoms with E-state index in [0.29, 0.717) is 37.4 Å². The normalized spacial score (nSPS) is 16.8. The van der Waals surface area contributed by atoms with Crippen LogP contribution in [0.3, 0.4) is 0 Å². The summed E-state index contributed by atoms with van der Waals surface area (Å²) in [6.45, 7) is 2.97. The standard InChI is InChI=1S/C23H24N4O5/c1-32-16-15-26-22(28)20(17-7-9-19(10-8-17)27(30)31)21(23(26)29)25-13-11-24(12-14-25)18-5-3-2-4-6-18/h2-10H,11-16H2,1H3. The largest absolute Gasteiger partial charge is 0.383 e. The third-order valence-electron chi connectivity index (χ3n) is 5.75. The molecule has 32 heavy (non-hydrogen) atoms. The zero-order valence-corrected chi connectivity index (χ0v) is 17.8. The van der Waals surface area contributed by atoms with Crippen LogP contribution in [-0.4, -0.2) is 73.0 Å². The fourth-order valence-electron chi connectivity index (χ4n) is 4.08. The van der Waals surface area contributed by atoms with Gasteiger partial charge in [-0.3, -0.25) is 24.6 Å². The van der Waals surface area contributed by atoms with Gasteiger partial charge in [0, 0.05) is 51.1 Å². The summed E-state index contributed by atoms with van der Waals surface area (Å²) in [7, 11) is 1.51. The van der Waals surface area contributed by atoms with Crippen LogP contribution in [0.2, 0.25) is 0 Å². The van der Waals surface area contributed by atoms with E-state index in [2.05, 4.69) is 4.90 Å². The molecule has 0 unspecified atom stereocenters. The van der Waals surface area contributed by atoms with Gasteiger partial charge in [0.2, 0.25) is 0 Å². The molecule has 0 bridgehead atoms. The monoisotopic (exact) mass is 436 g/mol.